The van der Waals surface area contributed by atoms with Gasteiger partial charge in [0.2, 0.25) is 0 Å². The van der Waals surface area contributed by atoms with Crippen molar-refractivity contribution in [2.75, 3.05) is 13.7 Å². The van der Waals surface area contributed by atoms with E-state index in [1.807, 2.05) is 0 Å². The predicted molar refractivity (Wildman–Crippen MR) is 70.1 cm³/mol. The molecule has 0 bridgehead atoms. The SMILES string of the molecule is CO[C@H]1O[C@H](CO)[C@@H](O)[C@H](O)[C@@H]1O.N.N.O=NO.[Cl][Pt][Cl]. The van der Waals surface area contributed by atoms with Gasteiger partial charge < -0.3 is 47.4 Å². The molecule has 14 heteroatoms. The summed E-state index contributed by atoms with van der Waals surface area (Å²) in [5, 5.41) is 44.5. The molecule has 1 heterocycles. The molecule has 0 amide bonds. The van der Waals surface area contributed by atoms with Gasteiger partial charge in [-0.1, -0.05) is 0 Å². The Morgan fingerprint density at radius 2 is 1.57 bits per heavy atom. The molecule has 1 fully saturated rings. The van der Waals surface area contributed by atoms with Crippen molar-refractivity contribution in [2.24, 2.45) is 5.34 Å². The molecule has 0 spiro atoms. The van der Waals surface area contributed by atoms with Crippen LogP contribution in [0.3, 0.4) is 0 Å². The standard InChI is InChI=1S/C7H14O6.2ClH.HNO2.2H3N.Pt/c1-12-7-6(11)5(10)4(9)3(2-8)13-7;;;2-1-3;;;/h3-11H,2H2,1H3;2*1H;(H,2,3);2*1H3;/q;;;;;;+2/p-2/t3-,4-,5+,6+,7+;;;;;;/m1....../s1. The van der Waals surface area contributed by atoms with Gasteiger partial charge in [0.15, 0.2) is 11.6 Å². The third kappa shape index (κ3) is 11.6. The molecule has 0 saturated carbocycles. The molecular formula is C7H21Cl2N3O8Pt. The minimum absolute atomic E-state index is 0. The number of methoxy groups -OCH3 is 1. The Morgan fingerprint density at radius 1 is 1.19 bits per heavy atom. The molecule has 0 aromatic heterocycles. The zero-order chi connectivity index (χ0) is 15.4. The fourth-order valence-corrected chi connectivity index (χ4v) is 1.26. The molecular weight excluding hydrogens is 520 g/mol. The van der Waals surface area contributed by atoms with Crippen LogP contribution in [0.2, 0.25) is 0 Å². The number of aliphatic hydroxyl groups is 4. The number of ether oxygens (including phenoxy) is 2. The third-order valence-corrected chi connectivity index (χ3v) is 2.08. The zero-order valence-electron chi connectivity index (χ0n) is 11.0. The van der Waals surface area contributed by atoms with Crippen molar-refractivity contribution in [2.45, 2.75) is 30.7 Å². The van der Waals surface area contributed by atoms with Crippen molar-refractivity contribution in [1.29, 1.82) is 0 Å². The predicted octanol–water partition coefficient (Wildman–Crippen LogP) is -0.725. The summed E-state index contributed by atoms with van der Waals surface area (Å²) in [4.78, 5) is 8.11. The fourth-order valence-electron chi connectivity index (χ4n) is 1.26. The second-order valence-electron chi connectivity index (χ2n) is 3.06. The first-order valence-electron chi connectivity index (χ1n) is 4.57. The van der Waals surface area contributed by atoms with Gasteiger partial charge in [-0.2, -0.15) is 0 Å². The number of aliphatic hydroxyl groups excluding tert-OH is 4. The summed E-state index contributed by atoms with van der Waals surface area (Å²) in [6, 6.07) is 0. The summed E-state index contributed by atoms with van der Waals surface area (Å²) >= 11 is -0.472. The second-order valence-corrected chi connectivity index (χ2v) is 6.34. The first-order chi connectivity index (χ1) is 8.94. The molecule has 0 aliphatic carbocycles. The molecule has 11 N–H and O–H groups in total. The molecule has 0 radical (unpaired) electrons. The van der Waals surface area contributed by atoms with Gasteiger partial charge in [-0.25, -0.2) is 0 Å². The van der Waals surface area contributed by atoms with Crippen molar-refractivity contribution >= 4 is 18.8 Å². The van der Waals surface area contributed by atoms with Crippen molar-refractivity contribution < 1.29 is 51.6 Å². The Kier molecular flexibility index (Phi) is 25.7. The number of hydrogen-bond donors (Lipinski definition) is 7. The van der Waals surface area contributed by atoms with Gasteiger partial charge in [0.1, 0.15) is 24.4 Å². The molecule has 0 aromatic carbocycles. The van der Waals surface area contributed by atoms with Gasteiger partial charge in [0, 0.05) is 7.11 Å². The van der Waals surface area contributed by atoms with E-state index in [0.29, 0.717) is 0 Å². The maximum absolute atomic E-state index is 9.28. The molecule has 0 aromatic rings. The van der Waals surface area contributed by atoms with Crippen LogP contribution in [0.15, 0.2) is 5.34 Å². The summed E-state index contributed by atoms with van der Waals surface area (Å²) < 4.78 is 9.65. The first kappa shape index (κ1) is 29.4. The van der Waals surface area contributed by atoms with E-state index in [9.17, 15) is 15.3 Å². The Balaban J connectivity index is -0.000000157. The molecule has 21 heavy (non-hydrogen) atoms. The van der Waals surface area contributed by atoms with Crippen molar-refractivity contribution in [3.05, 3.63) is 4.91 Å². The molecule has 136 valence electrons. The van der Waals surface area contributed by atoms with Crippen molar-refractivity contribution in [3.63, 3.8) is 0 Å². The van der Waals surface area contributed by atoms with Crippen LogP contribution in [0.4, 0.5) is 0 Å². The zero-order valence-corrected chi connectivity index (χ0v) is 14.8. The minimum atomic E-state index is -1.36. The van der Waals surface area contributed by atoms with Crippen LogP contribution in [-0.2, 0) is 26.0 Å². The molecule has 0 unspecified atom stereocenters. The maximum atomic E-state index is 9.28. The number of hydrogen-bond acceptors (Lipinski definition) is 10. The van der Waals surface area contributed by atoms with E-state index < -0.39 is 53.8 Å². The van der Waals surface area contributed by atoms with Gasteiger partial charge in [-0.05, 0) is 0 Å². The average molecular weight is 541 g/mol. The Hall–Kier alpha value is 0.348. The summed E-state index contributed by atoms with van der Waals surface area (Å²) in [6.45, 7) is -0.440. The molecule has 11 nitrogen and oxygen atoms in total. The average Bonchev–Trinajstić information content (AvgIpc) is 2.38. The molecule has 1 rings (SSSR count). The van der Waals surface area contributed by atoms with E-state index in [1.54, 1.807) is 0 Å². The van der Waals surface area contributed by atoms with Crippen LogP contribution in [-0.4, -0.2) is 70.1 Å². The molecule has 1 aliphatic rings. The van der Waals surface area contributed by atoms with Gasteiger partial charge in [0.05, 0.1) is 6.61 Å². The van der Waals surface area contributed by atoms with Gasteiger partial charge in [-0.3, -0.25) is 0 Å². The van der Waals surface area contributed by atoms with Crippen LogP contribution >= 0.6 is 18.8 Å². The van der Waals surface area contributed by atoms with Gasteiger partial charge in [0.25, 0.3) is 0 Å². The topological polar surface area (TPSA) is 219 Å². The third-order valence-electron chi connectivity index (χ3n) is 2.08. The number of halogens is 2. The van der Waals surface area contributed by atoms with E-state index in [4.69, 9.17) is 43.5 Å². The van der Waals surface area contributed by atoms with Gasteiger partial charge in [-0.15, -0.1) is 4.91 Å². The van der Waals surface area contributed by atoms with E-state index >= 15 is 0 Å². The van der Waals surface area contributed by atoms with Crippen LogP contribution in [0.1, 0.15) is 0 Å². The second kappa shape index (κ2) is 18.4. The Bertz CT molecular complexity index is 216. The monoisotopic (exact) mass is 540 g/mol. The van der Waals surface area contributed by atoms with Crippen molar-refractivity contribution in [1.82, 2.24) is 12.3 Å². The van der Waals surface area contributed by atoms with E-state index in [2.05, 4.69) is 0 Å². The number of nitrogens with zero attached hydrogens (tertiary/aromatic N) is 1. The quantitative estimate of drug-likeness (QED) is 0.172. The van der Waals surface area contributed by atoms with E-state index in [0.717, 1.165) is 0 Å². The summed E-state index contributed by atoms with van der Waals surface area (Å²) in [7, 11) is 11.0. The van der Waals surface area contributed by atoms with Crippen LogP contribution in [0.25, 0.3) is 0 Å². The van der Waals surface area contributed by atoms with E-state index in [1.165, 1.54) is 12.4 Å². The van der Waals surface area contributed by atoms with E-state index in [-0.39, 0.29) is 12.3 Å². The van der Waals surface area contributed by atoms with Gasteiger partial charge >= 0.3 is 35.3 Å². The molecule has 1 aliphatic heterocycles. The fraction of sp³-hybridized carbons (Fsp3) is 1.00. The van der Waals surface area contributed by atoms with Crippen LogP contribution in [0.5, 0.6) is 0 Å². The Morgan fingerprint density at radius 3 is 1.86 bits per heavy atom. The normalized spacial score (nSPS) is 30.3. The van der Waals surface area contributed by atoms with Crippen molar-refractivity contribution in [3.8, 4) is 0 Å². The summed E-state index contributed by atoms with van der Waals surface area (Å²) in [6.07, 6.45) is -5.91. The summed E-state index contributed by atoms with van der Waals surface area (Å²) in [5.41, 5.74) is 0. The Labute approximate surface area is 137 Å². The summed E-state index contributed by atoms with van der Waals surface area (Å²) in [5.74, 6) is 0. The van der Waals surface area contributed by atoms with Crippen LogP contribution in [0, 0.1) is 4.91 Å². The van der Waals surface area contributed by atoms with Crippen LogP contribution < -0.4 is 12.3 Å². The molecule has 1 saturated heterocycles. The molecule has 5 atom stereocenters. The number of rotatable bonds is 2. The first-order valence-corrected chi connectivity index (χ1v) is 10.2.